The number of aryl methyl sites for hydroxylation is 1. The zero-order valence-corrected chi connectivity index (χ0v) is 11.9. The van der Waals surface area contributed by atoms with E-state index in [1.54, 1.807) is 10.9 Å². The van der Waals surface area contributed by atoms with E-state index in [9.17, 15) is 4.79 Å². The number of carbonyl (C=O) groups excluding carboxylic acids is 1. The lowest BCUT2D eigenvalue weighted by Gasteiger charge is -2.17. The first-order valence-electron chi connectivity index (χ1n) is 6.46. The zero-order chi connectivity index (χ0) is 14.1. The molecule has 8 heteroatoms. The molecule has 1 N–H and O–H groups in total. The van der Waals surface area contributed by atoms with Gasteiger partial charge in [0.1, 0.15) is 11.0 Å². The van der Waals surface area contributed by atoms with E-state index in [0.29, 0.717) is 29.7 Å². The van der Waals surface area contributed by atoms with Crippen molar-refractivity contribution in [2.45, 2.75) is 13.0 Å². The minimum Gasteiger partial charge on any atom is -0.355 e. The first kappa shape index (κ1) is 13.3. The first-order chi connectivity index (χ1) is 9.63. The first-order valence-corrected chi connectivity index (χ1v) is 6.84. The number of halogens is 1. The molecule has 7 nitrogen and oxygen atoms in total. The predicted octanol–water partition coefficient (Wildman–Crippen LogP) is 0.339. The number of nitrogens with zero attached hydrogens (tertiary/aromatic N) is 5. The molecule has 0 unspecified atom stereocenters. The fourth-order valence-electron chi connectivity index (χ4n) is 2.30. The van der Waals surface area contributed by atoms with Crippen molar-refractivity contribution >= 4 is 28.5 Å². The second-order valence-corrected chi connectivity index (χ2v) is 5.21. The van der Waals surface area contributed by atoms with Gasteiger partial charge in [0.2, 0.25) is 5.91 Å². The molecule has 0 saturated carbocycles. The maximum absolute atomic E-state index is 11.5. The van der Waals surface area contributed by atoms with Crippen LogP contribution in [-0.4, -0.2) is 50.2 Å². The van der Waals surface area contributed by atoms with Gasteiger partial charge in [0.25, 0.3) is 0 Å². The van der Waals surface area contributed by atoms with Crippen molar-refractivity contribution in [2.24, 2.45) is 7.05 Å². The molecule has 106 valence electrons. The van der Waals surface area contributed by atoms with Gasteiger partial charge in [-0.05, 0) is 6.42 Å². The Balaban J connectivity index is 1.86. The fourth-order valence-corrected chi connectivity index (χ4v) is 2.54. The van der Waals surface area contributed by atoms with Crippen molar-refractivity contribution in [1.82, 2.24) is 30.0 Å². The predicted molar refractivity (Wildman–Crippen MR) is 74.2 cm³/mol. The summed E-state index contributed by atoms with van der Waals surface area (Å²) in [5, 5.41) is 8.11. The molecule has 2 aromatic heterocycles. The monoisotopic (exact) mass is 294 g/mol. The number of hydrogen-bond acceptors (Lipinski definition) is 5. The molecule has 2 aromatic rings. The number of amides is 1. The van der Waals surface area contributed by atoms with Crippen LogP contribution in [0.3, 0.4) is 0 Å². The van der Waals surface area contributed by atoms with Crippen LogP contribution in [0.25, 0.3) is 11.0 Å². The number of rotatable bonds is 2. The third kappa shape index (κ3) is 2.59. The zero-order valence-electron chi connectivity index (χ0n) is 11.1. The number of carbonyl (C=O) groups is 1. The van der Waals surface area contributed by atoms with Gasteiger partial charge in [0.05, 0.1) is 24.7 Å². The molecular formula is C12H15ClN6O. The van der Waals surface area contributed by atoms with Gasteiger partial charge in [-0.25, -0.2) is 9.97 Å². The lowest BCUT2D eigenvalue weighted by atomic mass is 10.3. The second-order valence-electron chi connectivity index (χ2n) is 4.85. The third-order valence-corrected chi connectivity index (χ3v) is 3.59. The van der Waals surface area contributed by atoms with E-state index in [1.807, 2.05) is 11.9 Å². The van der Waals surface area contributed by atoms with Gasteiger partial charge in [0.15, 0.2) is 5.65 Å². The van der Waals surface area contributed by atoms with Gasteiger partial charge in [-0.3, -0.25) is 14.4 Å². The summed E-state index contributed by atoms with van der Waals surface area (Å²) in [6, 6.07) is 0. The van der Waals surface area contributed by atoms with Gasteiger partial charge < -0.3 is 5.32 Å². The molecular weight excluding hydrogens is 280 g/mol. The Morgan fingerprint density at radius 2 is 2.30 bits per heavy atom. The molecule has 0 atom stereocenters. The normalized spacial score (nSPS) is 17.2. The van der Waals surface area contributed by atoms with Gasteiger partial charge in [-0.15, -0.1) is 0 Å². The molecule has 1 amide bonds. The Bertz CT molecular complexity index is 655. The summed E-state index contributed by atoms with van der Waals surface area (Å²) in [5.74, 6) is 0.649. The van der Waals surface area contributed by atoms with Crippen LogP contribution in [0.2, 0.25) is 5.15 Å². The van der Waals surface area contributed by atoms with Crippen LogP contribution in [-0.2, 0) is 18.4 Å². The van der Waals surface area contributed by atoms with E-state index in [0.717, 1.165) is 24.9 Å². The molecule has 0 radical (unpaired) electrons. The largest absolute Gasteiger partial charge is 0.355 e. The van der Waals surface area contributed by atoms with E-state index in [4.69, 9.17) is 11.6 Å². The quantitative estimate of drug-likeness (QED) is 0.808. The topological polar surface area (TPSA) is 75.9 Å². The minimum atomic E-state index is 0.0372. The molecule has 0 aliphatic carbocycles. The third-order valence-electron chi connectivity index (χ3n) is 3.30. The van der Waals surface area contributed by atoms with Gasteiger partial charge >= 0.3 is 0 Å². The maximum Gasteiger partial charge on any atom is 0.234 e. The molecule has 20 heavy (non-hydrogen) atoms. The minimum absolute atomic E-state index is 0.0372. The summed E-state index contributed by atoms with van der Waals surface area (Å²) in [7, 11) is 1.81. The molecule has 0 bridgehead atoms. The lowest BCUT2D eigenvalue weighted by Crippen LogP contribution is -2.33. The molecule has 1 aliphatic rings. The molecule has 0 spiro atoms. The van der Waals surface area contributed by atoms with Crippen molar-refractivity contribution < 1.29 is 4.79 Å². The van der Waals surface area contributed by atoms with Crippen LogP contribution >= 0.6 is 11.6 Å². The molecule has 1 saturated heterocycles. The van der Waals surface area contributed by atoms with Crippen molar-refractivity contribution in [3.63, 3.8) is 0 Å². The lowest BCUT2D eigenvalue weighted by molar-refractivity contribution is -0.121. The summed E-state index contributed by atoms with van der Waals surface area (Å²) in [6.07, 6.45) is 2.58. The van der Waals surface area contributed by atoms with Gasteiger partial charge in [-0.1, -0.05) is 11.6 Å². The second kappa shape index (κ2) is 5.34. The Hall–Kier alpha value is -1.73. The summed E-state index contributed by atoms with van der Waals surface area (Å²) < 4.78 is 1.67. The highest BCUT2D eigenvalue weighted by molar-refractivity contribution is 6.33. The van der Waals surface area contributed by atoms with E-state index >= 15 is 0 Å². The number of fused-ring (bicyclic) bond motifs is 1. The van der Waals surface area contributed by atoms with E-state index < -0.39 is 0 Å². The van der Waals surface area contributed by atoms with Crippen molar-refractivity contribution in [3.8, 4) is 0 Å². The summed E-state index contributed by atoms with van der Waals surface area (Å²) in [5.41, 5.74) is 0.708. The van der Waals surface area contributed by atoms with Crippen molar-refractivity contribution in [2.75, 3.05) is 19.6 Å². The summed E-state index contributed by atoms with van der Waals surface area (Å²) in [4.78, 5) is 22.3. The van der Waals surface area contributed by atoms with Crippen LogP contribution in [0, 0.1) is 0 Å². The highest BCUT2D eigenvalue weighted by atomic mass is 35.5. The number of hydrogen-bond donors (Lipinski definition) is 1. The summed E-state index contributed by atoms with van der Waals surface area (Å²) in [6.45, 7) is 2.43. The Morgan fingerprint density at radius 1 is 1.45 bits per heavy atom. The fraction of sp³-hybridized carbons (Fsp3) is 0.500. The number of aromatic nitrogens is 4. The van der Waals surface area contributed by atoms with Crippen molar-refractivity contribution in [1.29, 1.82) is 0 Å². The van der Waals surface area contributed by atoms with Crippen LogP contribution in [0.5, 0.6) is 0 Å². The van der Waals surface area contributed by atoms with Crippen LogP contribution in [0.1, 0.15) is 12.2 Å². The van der Waals surface area contributed by atoms with Gasteiger partial charge in [0, 0.05) is 20.1 Å². The molecule has 3 heterocycles. The summed E-state index contributed by atoms with van der Waals surface area (Å²) >= 11 is 6.15. The van der Waals surface area contributed by atoms with Crippen molar-refractivity contribution in [3.05, 3.63) is 17.2 Å². The SMILES string of the molecule is Cn1ncc2c(Cl)nc(CN3CCCNC(=O)C3)nc21. The highest BCUT2D eigenvalue weighted by Gasteiger charge is 2.17. The molecule has 1 aliphatic heterocycles. The standard InChI is InChI=1S/C12H15ClN6O/c1-18-12-8(5-15-18)11(13)16-9(17-12)6-19-4-2-3-14-10(20)7-19/h5H,2-4,6-7H2,1H3,(H,14,20). The average molecular weight is 295 g/mol. The molecule has 3 rings (SSSR count). The molecule has 0 aromatic carbocycles. The van der Waals surface area contributed by atoms with E-state index in [2.05, 4.69) is 20.4 Å². The van der Waals surface area contributed by atoms with E-state index in [-0.39, 0.29) is 5.91 Å². The smallest absolute Gasteiger partial charge is 0.234 e. The van der Waals surface area contributed by atoms with Gasteiger partial charge in [-0.2, -0.15) is 5.10 Å². The van der Waals surface area contributed by atoms with E-state index in [1.165, 1.54) is 0 Å². The molecule has 1 fully saturated rings. The Labute approximate surface area is 120 Å². The van der Waals surface area contributed by atoms with Crippen LogP contribution in [0.4, 0.5) is 0 Å². The maximum atomic E-state index is 11.5. The Morgan fingerprint density at radius 3 is 3.15 bits per heavy atom. The number of nitrogens with one attached hydrogen (secondary N) is 1. The Kier molecular flexibility index (Phi) is 3.54. The highest BCUT2D eigenvalue weighted by Crippen LogP contribution is 2.19. The van der Waals surface area contributed by atoms with Crippen LogP contribution in [0.15, 0.2) is 6.20 Å². The average Bonchev–Trinajstić information content (AvgIpc) is 2.65. The van der Waals surface area contributed by atoms with Crippen LogP contribution < -0.4 is 5.32 Å².